The molecule has 17 heavy (non-hydrogen) atoms. The van der Waals surface area contributed by atoms with Crippen molar-refractivity contribution in [3.63, 3.8) is 0 Å². The summed E-state index contributed by atoms with van der Waals surface area (Å²) in [6.45, 7) is 0.121. The number of carbonyl (C=O) groups excluding carboxylic acids is 1. The minimum atomic E-state index is -0.702. The van der Waals surface area contributed by atoms with Crippen LogP contribution in [0, 0.1) is 0 Å². The Labute approximate surface area is 105 Å². The summed E-state index contributed by atoms with van der Waals surface area (Å²) in [6, 6.07) is 5.60. The topological polar surface area (TPSA) is 58.6 Å². The van der Waals surface area contributed by atoms with Crippen LogP contribution in [0.4, 0.5) is 5.69 Å². The largest absolute Gasteiger partial charge is 0.489 e. The SMILES string of the molecule is O=C1CCc2cccc(OCC(O)CCl)c2N1. The first-order valence-corrected chi connectivity index (χ1v) is 6.02. The van der Waals surface area contributed by atoms with Gasteiger partial charge in [-0.1, -0.05) is 12.1 Å². The third-order valence-electron chi connectivity index (χ3n) is 2.61. The summed E-state index contributed by atoms with van der Waals surface area (Å²) in [5.74, 6) is 0.702. The second kappa shape index (κ2) is 5.38. The first-order valence-electron chi connectivity index (χ1n) is 5.49. The van der Waals surface area contributed by atoms with Gasteiger partial charge < -0.3 is 15.2 Å². The van der Waals surface area contributed by atoms with Gasteiger partial charge in [0.15, 0.2) is 0 Å². The number of benzene rings is 1. The number of para-hydroxylation sites is 1. The summed E-state index contributed by atoms with van der Waals surface area (Å²) < 4.78 is 5.46. The van der Waals surface area contributed by atoms with Crippen LogP contribution in [0.2, 0.25) is 0 Å². The van der Waals surface area contributed by atoms with Crippen molar-refractivity contribution in [2.45, 2.75) is 18.9 Å². The average molecular weight is 256 g/mol. The van der Waals surface area contributed by atoms with E-state index in [9.17, 15) is 9.90 Å². The van der Waals surface area contributed by atoms with Gasteiger partial charge in [0.2, 0.25) is 5.91 Å². The standard InChI is InChI=1S/C12H14ClNO3/c13-6-9(15)7-17-10-3-1-2-8-4-5-11(16)14-12(8)10/h1-3,9,15H,4-7H2,(H,14,16). The number of amides is 1. The Morgan fingerprint density at radius 3 is 3.06 bits per heavy atom. The lowest BCUT2D eigenvalue weighted by Gasteiger charge is -2.20. The number of ether oxygens (including phenoxy) is 1. The summed E-state index contributed by atoms with van der Waals surface area (Å²) in [4.78, 5) is 11.3. The molecule has 1 aromatic rings. The lowest BCUT2D eigenvalue weighted by Crippen LogP contribution is -2.22. The Hall–Kier alpha value is -1.26. The highest BCUT2D eigenvalue weighted by Crippen LogP contribution is 2.32. The highest BCUT2D eigenvalue weighted by molar-refractivity contribution is 6.18. The first kappa shape index (κ1) is 12.2. The molecule has 1 aliphatic heterocycles. The van der Waals surface area contributed by atoms with Crippen LogP contribution in [0.1, 0.15) is 12.0 Å². The fraction of sp³-hybridized carbons (Fsp3) is 0.417. The molecule has 0 radical (unpaired) electrons. The van der Waals surface area contributed by atoms with E-state index in [4.69, 9.17) is 16.3 Å². The number of carbonyl (C=O) groups is 1. The Kier molecular flexibility index (Phi) is 3.86. The zero-order chi connectivity index (χ0) is 12.3. The molecule has 0 spiro atoms. The lowest BCUT2D eigenvalue weighted by atomic mass is 10.0. The quantitative estimate of drug-likeness (QED) is 0.803. The highest BCUT2D eigenvalue weighted by Gasteiger charge is 2.18. The fourth-order valence-electron chi connectivity index (χ4n) is 1.73. The van der Waals surface area contributed by atoms with Gasteiger partial charge in [-0.15, -0.1) is 11.6 Å². The van der Waals surface area contributed by atoms with Crippen molar-refractivity contribution in [3.8, 4) is 5.75 Å². The van der Waals surface area contributed by atoms with Gasteiger partial charge in [-0.05, 0) is 18.1 Å². The molecular weight excluding hydrogens is 242 g/mol. The number of aryl methyl sites for hydroxylation is 1. The molecule has 0 aromatic heterocycles. The van der Waals surface area contributed by atoms with Crippen molar-refractivity contribution < 1.29 is 14.6 Å². The summed E-state index contributed by atoms with van der Waals surface area (Å²) in [5, 5.41) is 12.1. The van der Waals surface area contributed by atoms with E-state index < -0.39 is 6.10 Å². The molecule has 0 saturated heterocycles. The molecule has 92 valence electrons. The number of aliphatic hydroxyl groups is 1. The summed E-state index contributed by atoms with van der Waals surface area (Å²) >= 11 is 5.49. The van der Waals surface area contributed by atoms with E-state index in [2.05, 4.69) is 5.32 Å². The maximum absolute atomic E-state index is 11.3. The molecule has 1 amide bonds. The van der Waals surface area contributed by atoms with Gasteiger partial charge in [-0.25, -0.2) is 0 Å². The Bertz CT molecular complexity index is 422. The van der Waals surface area contributed by atoms with E-state index in [0.29, 0.717) is 17.9 Å². The van der Waals surface area contributed by atoms with Crippen molar-refractivity contribution in [1.82, 2.24) is 0 Å². The van der Waals surface area contributed by atoms with Crippen LogP contribution in [-0.2, 0) is 11.2 Å². The minimum absolute atomic E-state index is 0.00792. The molecule has 0 saturated carbocycles. The van der Waals surface area contributed by atoms with Gasteiger partial charge in [0.25, 0.3) is 0 Å². The van der Waals surface area contributed by atoms with Gasteiger partial charge in [-0.2, -0.15) is 0 Å². The average Bonchev–Trinajstić information content (AvgIpc) is 2.35. The molecule has 2 rings (SSSR count). The molecule has 1 unspecified atom stereocenters. The van der Waals surface area contributed by atoms with Crippen LogP contribution in [0.15, 0.2) is 18.2 Å². The first-order chi connectivity index (χ1) is 8.20. The summed E-state index contributed by atoms with van der Waals surface area (Å²) in [5.41, 5.74) is 1.77. The number of rotatable bonds is 4. The van der Waals surface area contributed by atoms with Crippen molar-refractivity contribution in [2.24, 2.45) is 0 Å². The molecule has 0 aliphatic carbocycles. The van der Waals surface area contributed by atoms with Crippen molar-refractivity contribution >= 4 is 23.2 Å². The van der Waals surface area contributed by atoms with Gasteiger partial charge in [-0.3, -0.25) is 4.79 Å². The Morgan fingerprint density at radius 2 is 2.29 bits per heavy atom. The van der Waals surface area contributed by atoms with E-state index in [0.717, 1.165) is 12.0 Å². The number of hydrogen-bond donors (Lipinski definition) is 2. The third-order valence-corrected chi connectivity index (χ3v) is 2.96. The van der Waals surface area contributed by atoms with E-state index in [1.54, 1.807) is 6.07 Å². The van der Waals surface area contributed by atoms with Crippen molar-refractivity contribution in [2.75, 3.05) is 17.8 Å². The molecule has 0 bridgehead atoms. The van der Waals surface area contributed by atoms with Crippen LogP contribution in [-0.4, -0.2) is 29.6 Å². The number of fused-ring (bicyclic) bond motifs is 1. The van der Waals surface area contributed by atoms with Crippen molar-refractivity contribution in [3.05, 3.63) is 23.8 Å². The van der Waals surface area contributed by atoms with Crippen LogP contribution < -0.4 is 10.1 Å². The highest BCUT2D eigenvalue weighted by atomic mass is 35.5. The van der Waals surface area contributed by atoms with Gasteiger partial charge in [0.05, 0.1) is 11.6 Å². The maximum Gasteiger partial charge on any atom is 0.224 e. The van der Waals surface area contributed by atoms with Crippen LogP contribution >= 0.6 is 11.6 Å². The zero-order valence-electron chi connectivity index (χ0n) is 9.28. The minimum Gasteiger partial charge on any atom is -0.489 e. The van der Waals surface area contributed by atoms with E-state index >= 15 is 0 Å². The second-order valence-electron chi connectivity index (χ2n) is 3.96. The number of aliphatic hydroxyl groups excluding tert-OH is 1. The normalized spacial score (nSPS) is 16.0. The molecule has 2 N–H and O–H groups in total. The Balaban J connectivity index is 2.14. The smallest absolute Gasteiger partial charge is 0.224 e. The second-order valence-corrected chi connectivity index (χ2v) is 4.27. The summed E-state index contributed by atoms with van der Waals surface area (Å²) in [6.07, 6.45) is 0.517. The number of nitrogens with one attached hydrogen (secondary N) is 1. The third kappa shape index (κ3) is 2.90. The Morgan fingerprint density at radius 1 is 1.47 bits per heavy atom. The fourth-order valence-corrected chi connectivity index (χ4v) is 1.82. The molecule has 1 atom stereocenters. The van der Waals surface area contributed by atoms with Gasteiger partial charge in [0, 0.05) is 6.42 Å². The number of halogens is 1. The molecule has 1 aromatic carbocycles. The van der Waals surface area contributed by atoms with Crippen LogP contribution in [0.25, 0.3) is 0 Å². The molecule has 4 nitrogen and oxygen atoms in total. The van der Waals surface area contributed by atoms with Gasteiger partial charge in [0.1, 0.15) is 18.5 Å². The lowest BCUT2D eigenvalue weighted by molar-refractivity contribution is -0.116. The molecule has 0 fully saturated rings. The van der Waals surface area contributed by atoms with Gasteiger partial charge >= 0.3 is 0 Å². The molecule has 5 heteroatoms. The monoisotopic (exact) mass is 255 g/mol. The zero-order valence-corrected chi connectivity index (χ0v) is 10.0. The van der Waals surface area contributed by atoms with Crippen molar-refractivity contribution in [1.29, 1.82) is 0 Å². The number of alkyl halides is 1. The number of anilines is 1. The van der Waals surface area contributed by atoms with E-state index in [1.807, 2.05) is 12.1 Å². The number of hydrogen-bond acceptors (Lipinski definition) is 3. The van der Waals surface area contributed by atoms with Crippen LogP contribution in [0.5, 0.6) is 5.75 Å². The molecule has 1 aliphatic rings. The molecular formula is C12H14ClNO3. The molecule has 1 heterocycles. The predicted molar refractivity (Wildman–Crippen MR) is 65.6 cm³/mol. The maximum atomic E-state index is 11.3. The summed E-state index contributed by atoms with van der Waals surface area (Å²) in [7, 11) is 0. The van der Waals surface area contributed by atoms with E-state index in [-0.39, 0.29) is 18.4 Å². The van der Waals surface area contributed by atoms with Crippen LogP contribution in [0.3, 0.4) is 0 Å². The van der Waals surface area contributed by atoms with E-state index in [1.165, 1.54) is 0 Å². The predicted octanol–water partition coefficient (Wildman–Crippen LogP) is 1.55.